The third-order valence-electron chi connectivity index (χ3n) is 3.93. The summed E-state index contributed by atoms with van der Waals surface area (Å²) < 4.78 is 31.7. The summed E-state index contributed by atoms with van der Waals surface area (Å²) in [5.41, 5.74) is 2.49. The average Bonchev–Trinajstić information content (AvgIpc) is 2.58. The number of amides is 1. The van der Waals surface area contributed by atoms with Crippen LogP contribution in [0.3, 0.4) is 0 Å². The standard InChI is InChI=1S/C18H21ClN2O4S/c1-12-6-5-7-13(2)18(12)20-17(22)11-21(3)26(23,24)16-10-14(19)8-9-15(16)25-4/h5-10H,11H2,1-4H3,(H,20,22). The molecule has 0 spiro atoms. The fourth-order valence-electron chi connectivity index (χ4n) is 2.50. The van der Waals surface area contributed by atoms with Gasteiger partial charge in [-0.05, 0) is 43.2 Å². The number of likely N-dealkylation sites (N-methyl/N-ethyl adjacent to an activating group) is 1. The number of hydrogen-bond acceptors (Lipinski definition) is 4. The normalized spacial score (nSPS) is 11.5. The Balaban J connectivity index is 2.22. The van der Waals surface area contributed by atoms with Gasteiger partial charge in [0.1, 0.15) is 10.6 Å². The van der Waals surface area contributed by atoms with Gasteiger partial charge in [-0.1, -0.05) is 29.8 Å². The number of carbonyl (C=O) groups is 1. The Bertz CT molecular complexity index is 909. The molecule has 1 N–H and O–H groups in total. The molecule has 0 aliphatic rings. The van der Waals surface area contributed by atoms with Crippen LogP contribution in [0.5, 0.6) is 5.75 Å². The number of anilines is 1. The largest absolute Gasteiger partial charge is 0.495 e. The van der Waals surface area contributed by atoms with E-state index in [1.807, 2.05) is 32.0 Å². The van der Waals surface area contributed by atoms with E-state index >= 15 is 0 Å². The van der Waals surface area contributed by atoms with Crippen LogP contribution in [0.25, 0.3) is 0 Å². The summed E-state index contributed by atoms with van der Waals surface area (Å²) in [4.78, 5) is 12.3. The fourth-order valence-corrected chi connectivity index (χ4v) is 4.04. The molecule has 8 heteroatoms. The number of aryl methyl sites for hydroxylation is 2. The lowest BCUT2D eigenvalue weighted by molar-refractivity contribution is -0.116. The predicted octanol–water partition coefficient (Wildman–Crippen LogP) is 3.22. The molecule has 0 saturated heterocycles. The molecule has 0 aliphatic heterocycles. The Kier molecular flexibility index (Phi) is 6.28. The highest BCUT2D eigenvalue weighted by Crippen LogP contribution is 2.29. The van der Waals surface area contributed by atoms with Crippen molar-refractivity contribution in [3.63, 3.8) is 0 Å². The quantitative estimate of drug-likeness (QED) is 0.813. The topological polar surface area (TPSA) is 75.7 Å². The molecule has 0 unspecified atom stereocenters. The second-order valence-corrected chi connectivity index (χ2v) is 8.32. The van der Waals surface area contributed by atoms with Crippen LogP contribution in [0, 0.1) is 13.8 Å². The molecule has 140 valence electrons. The van der Waals surface area contributed by atoms with E-state index in [4.69, 9.17) is 16.3 Å². The summed E-state index contributed by atoms with van der Waals surface area (Å²) in [6, 6.07) is 9.95. The van der Waals surface area contributed by atoms with E-state index in [1.165, 1.54) is 32.4 Å². The van der Waals surface area contributed by atoms with Crippen molar-refractivity contribution in [3.05, 3.63) is 52.5 Å². The zero-order valence-electron chi connectivity index (χ0n) is 15.0. The first-order valence-corrected chi connectivity index (χ1v) is 9.64. The number of carbonyl (C=O) groups excluding carboxylic acids is 1. The van der Waals surface area contributed by atoms with Crippen molar-refractivity contribution in [2.75, 3.05) is 26.0 Å². The summed E-state index contributed by atoms with van der Waals surface area (Å²) in [5, 5.41) is 3.03. The third kappa shape index (κ3) is 4.35. The molecule has 0 radical (unpaired) electrons. The van der Waals surface area contributed by atoms with Gasteiger partial charge in [0.25, 0.3) is 0 Å². The Morgan fingerprint density at radius 3 is 2.38 bits per heavy atom. The van der Waals surface area contributed by atoms with E-state index in [0.29, 0.717) is 5.69 Å². The number of para-hydroxylation sites is 1. The number of ether oxygens (including phenoxy) is 1. The van der Waals surface area contributed by atoms with Crippen LogP contribution < -0.4 is 10.1 Å². The van der Waals surface area contributed by atoms with Crippen molar-refractivity contribution in [2.45, 2.75) is 18.7 Å². The highest BCUT2D eigenvalue weighted by atomic mass is 35.5. The van der Waals surface area contributed by atoms with Crippen molar-refractivity contribution in [1.29, 1.82) is 0 Å². The van der Waals surface area contributed by atoms with Gasteiger partial charge in [0.05, 0.1) is 13.7 Å². The SMILES string of the molecule is COc1ccc(Cl)cc1S(=O)(=O)N(C)CC(=O)Nc1c(C)cccc1C. The molecule has 26 heavy (non-hydrogen) atoms. The average molecular weight is 397 g/mol. The number of benzene rings is 2. The Morgan fingerprint density at radius 2 is 1.81 bits per heavy atom. The maximum Gasteiger partial charge on any atom is 0.247 e. The maximum atomic E-state index is 12.8. The summed E-state index contributed by atoms with van der Waals surface area (Å²) in [7, 11) is -1.24. The van der Waals surface area contributed by atoms with Crippen molar-refractivity contribution >= 4 is 33.2 Å². The van der Waals surface area contributed by atoms with Crippen LogP contribution >= 0.6 is 11.6 Å². The van der Waals surface area contributed by atoms with Gasteiger partial charge in [-0.25, -0.2) is 8.42 Å². The minimum Gasteiger partial charge on any atom is -0.495 e. The fraction of sp³-hybridized carbons (Fsp3) is 0.278. The number of hydrogen-bond donors (Lipinski definition) is 1. The van der Waals surface area contributed by atoms with Crippen molar-refractivity contribution in [3.8, 4) is 5.75 Å². The van der Waals surface area contributed by atoms with E-state index in [0.717, 1.165) is 15.4 Å². The molecule has 0 heterocycles. The van der Waals surface area contributed by atoms with E-state index in [-0.39, 0.29) is 22.2 Å². The molecule has 0 aliphatic carbocycles. The molecule has 0 atom stereocenters. The van der Waals surface area contributed by atoms with Crippen molar-refractivity contribution < 1.29 is 17.9 Å². The first-order valence-electron chi connectivity index (χ1n) is 7.82. The summed E-state index contributed by atoms with van der Waals surface area (Å²) in [6.45, 7) is 3.41. The summed E-state index contributed by atoms with van der Waals surface area (Å²) >= 11 is 5.91. The highest BCUT2D eigenvalue weighted by Gasteiger charge is 2.27. The first-order chi connectivity index (χ1) is 12.2. The van der Waals surface area contributed by atoms with Crippen molar-refractivity contribution in [1.82, 2.24) is 4.31 Å². The van der Waals surface area contributed by atoms with E-state index in [1.54, 1.807) is 0 Å². The van der Waals surface area contributed by atoms with Crippen molar-refractivity contribution in [2.24, 2.45) is 0 Å². The van der Waals surface area contributed by atoms with Crippen LogP contribution in [-0.4, -0.2) is 39.3 Å². The number of methoxy groups -OCH3 is 1. The minimum absolute atomic E-state index is 0.0881. The monoisotopic (exact) mass is 396 g/mol. The van der Waals surface area contributed by atoms with Gasteiger partial charge in [0, 0.05) is 17.8 Å². The van der Waals surface area contributed by atoms with E-state index in [2.05, 4.69) is 5.32 Å². The molecule has 2 aromatic rings. The smallest absolute Gasteiger partial charge is 0.247 e. The van der Waals surface area contributed by atoms with Gasteiger partial charge in [-0.3, -0.25) is 4.79 Å². The lowest BCUT2D eigenvalue weighted by Crippen LogP contribution is -2.35. The first kappa shape index (κ1) is 20.2. The van der Waals surface area contributed by atoms with Gasteiger partial charge in [0.2, 0.25) is 15.9 Å². The molecular formula is C18H21ClN2O4S. The maximum absolute atomic E-state index is 12.8. The molecule has 2 aromatic carbocycles. The van der Waals surface area contributed by atoms with Gasteiger partial charge >= 0.3 is 0 Å². The van der Waals surface area contributed by atoms with Crippen LogP contribution in [0.1, 0.15) is 11.1 Å². The number of sulfonamides is 1. The van der Waals surface area contributed by atoms with Gasteiger partial charge in [0.15, 0.2) is 0 Å². The molecule has 0 bridgehead atoms. The van der Waals surface area contributed by atoms with Gasteiger partial charge in [-0.15, -0.1) is 0 Å². The van der Waals surface area contributed by atoms with Crippen LogP contribution in [0.4, 0.5) is 5.69 Å². The zero-order valence-corrected chi connectivity index (χ0v) is 16.6. The molecule has 0 fully saturated rings. The number of nitrogens with zero attached hydrogens (tertiary/aromatic N) is 1. The lowest BCUT2D eigenvalue weighted by atomic mass is 10.1. The van der Waals surface area contributed by atoms with E-state index in [9.17, 15) is 13.2 Å². The number of nitrogens with one attached hydrogen (secondary N) is 1. The molecule has 0 saturated carbocycles. The molecule has 6 nitrogen and oxygen atoms in total. The van der Waals surface area contributed by atoms with Gasteiger partial charge < -0.3 is 10.1 Å². The lowest BCUT2D eigenvalue weighted by Gasteiger charge is -2.19. The Hall–Kier alpha value is -2.09. The number of halogens is 1. The van der Waals surface area contributed by atoms with Crippen LogP contribution in [-0.2, 0) is 14.8 Å². The summed E-state index contributed by atoms with van der Waals surface area (Å²) in [6.07, 6.45) is 0. The predicted molar refractivity (Wildman–Crippen MR) is 102 cm³/mol. The van der Waals surface area contributed by atoms with Gasteiger partial charge in [-0.2, -0.15) is 4.31 Å². The van der Waals surface area contributed by atoms with E-state index < -0.39 is 15.9 Å². The van der Waals surface area contributed by atoms with Crippen LogP contribution in [0.15, 0.2) is 41.3 Å². The molecular weight excluding hydrogens is 376 g/mol. The number of rotatable bonds is 6. The third-order valence-corrected chi connectivity index (χ3v) is 5.99. The Labute approximate surface area is 158 Å². The second kappa shape index (κ2) is 8.07. The summed E-state index contributed by atoms with van der Waals surface area (Å²) in [5.74, 6) is -0.272. The molecule has 0 aromatic heterocycles. The minimum atomic E-state index is -3.95. The molecule has 1 amide bonds. The second-order valence-electron chi connectivity index (χ2n) is 5.87. The highest BCUT2D eigenvalue weighted by molar-refractivity contribution is 7.89. The molecule has 2 rings (SSSR count). The van der Waals surface area contributed by atoms with Crippen LogP contribution in [0.2, 0.25) is 5.02 Å². The Morgan fingerprint density at radius 1 is 1.19 bits per heavy atom. The zero-order chi connectivity index (χ0) is 19.5.